The highest BCUT2D eigenvalue weighted by Crippen LogP contribution is 2.22. The highest BCUT2D eigenvalue weighted by atomic mass is 127. The van der Waals surface area contributed by atoms with Gasteiger partial charge in [-0.2, -0.15) is 5.10 Å². The Morgan fingerprint density at radius 2 is 2.00 bits per heavy atom. The number of hydrogen-bond acceptors (Lipinski definition) is 4. The summed E-state index contributed by atoms with van der Waals surface area (Å²) in [6, 6.07) is 4.31. The fourth-order valence-electron chi connectivity index (χ4n) is 3.16. The van der Waals surface area contributed by atoms with Gasteiger partial charge in [0.05, 0.1) is 10.7 Å². The standard InChI is InChI=1S/C17H26N6S.HI/c1-13-15(14(2)21(4)20-13)12-19-17(18-3)23-9-7-22(8-10-23)16-6-5-11-24-16;/h5-6,11H,7-10,12H2,1-4H3,(H,18,19);1H. The summed E-state index contributed by atoms with van der Waals surface area (Å²) in [5.74, 6) is 0.975. The molecule has 0 saturated carbocycles. The Bertz CT molecular complexity index is 701. The van der Waals surface area contributed by atoms with E-state index in [1.165, 1.54) is 16.3 Å². The van der Waals surface area contributed by atoms with Crippen molar-refractivity contribution in [3.05, 3.63) is 34.5 Å². The van der Waals surface area contributed by atoms with Crippen LogP contribution in [0.4, 0.5) is 5.00 Å². The highest BCUT2D eigenvalue weighted by Gasteiger charge is 2.20. The van der Waals surface area contributed by atoms with E-state index in [0.29, 0.717) is 0 Å². The first-order valence-corrected chi connectivity index (χ1v) is 9.21. The van der Waals surface area contributed by atoms with Crippen molar-refractivity contribution < 1.29 is 0 Å². The summed E-state index contributed by atoms with van der Waals surface area (Å²) >= 11 is 1.81. The molecule has 138 valence electrons. The van der Waals surface area contributed by atoms with Crippen molar-refractivity contribution in [3.63, 3.8) is 0 Å². The topological polar surface area (TPSA) is 48.7 Å². The van der Waals surface area contributed by atoms with E-state index in [-0.39, 0.29) is 24.0 Å². The lowest BCUT2D eigenvalue weighted by molar-refractivity contribution is 0.373. The van der Waals surface area contributed by atoms with Gasteiger partial charge in [-0.25, -0.2) is 0 Å². The molecule has 0 amide bonds. The average molecular weight is 474 g/mol. The van der Waals surface area contributed by atoms with Crippen molar-refractivity contribution >= 4 is 46.3 Å². The van der Waals surface area contributed by atoms with Crippen LogP contribution in [0.1, 0.15) is 17.0 Å². The fourth-order valence-corrected chi connectivity index (χ4v) is 3.95. The quantitative estimate of drug-likeness (QED) is 0.422. The number of aryl methyl sites for hydroxylation is 2. The van der Waals surface area contributed by atoms with Crippen LogP contribution in [-0.4, -0.2) is 53.9 Å². The summed E-state index contributed by atoms with van der Waals surface area (Å²) in [7, 11) is 3.85. The number of aliphatic imine (C=N–C) groups is 1. The Hall–Kier alpha value is -1.29. The summed E-state index contributed by atoms with van der Waals surface area (Å²) < 4.78 is 1.94. The van der Waals surface area contributed by atoms with Crippen LogP contribution in [0.25, 0.3) is 0 Å². The zero-order chi connectivity index (χ0) is 17.1. The van der Waals surface area contributed by atoms with Gasteiger partial charge in [0.2, 0.25) is 0 Å². The van der Waals surface area contributed by atoms with Gasteiger partial charge < -0.3 is 15.1 Å². The molecule has 2 aromatic heterocycles. The molecular weight excluding hydrogens is 447 g/mol. The van der Waals surface area contributed by atoms with Crippen molar-refractivity contribution in [2.45, 2.75) is 20.4 Å². The van der Waals surface area contributed by atoms with E-state index in [1.54, 1.807) is 0 Å². The second-order valence-corrected chi connectivity index (χ2v) is 7.03. The van der Waals surface area contributed by atoms with Gasteiger partial charge >= 0.3 is 0 Å². The number of guanidine groups is 1. The van der Waals surface area contributed by atoms with E-state index in [4.69, 9.17) is 0 Å². The van der Waals surface area contributed by atoms with Crippen LogP contribution in [0.15, 0.2) is 22.5 Å². The molecular formula is C17H27IN6S. The van der Waals surface area contributed by atoms with Crippen molar-refractivity contribution in [1.29, 1.82) is 0 Å². The lowest BCUT2D eigenvalue weighted by Crippen LogP contribution is -2.52. The molecule has 1 aliphatic rings. The molecule has 25 heavy (non-hydrogen) atoms. The van der Waals surface area contributed by atoms with Crippen LogP contribution < -0.4 is 10.2 Å². The zero-order valence-electron chi connectivity index (χ0n) is 15.3. The molecule has 1 aliphatic heterocycles. The lowest BCUT2D eigenvalue weighted by atomic mass is 10.2. The number of thiophene rings is 1. The minimum absolute atomic E-state index is 0. The minimum Gasteiger partial charge on any atom is -0.360 e. The van der Waals surface area contributed by atoms with Crippen LogP contribution in [0, 0.1) is 13.8 Å². The summed E-state index contributed by atoms with van der Waals surface area (Å²) in [6.45, 7) is 8.99. The summed E-state index contributed by atoms with van der Waals surface area (Å²) in [5.41, 5.74) is 3.55. The Morgan fingerprint density at radius 1 is 1.28 bits per heavy atom. The zero-order valence-corrected chi connectivity index (χ0v) is 18.5. The number of halogens is 1. The minimum atomic E-state index is 0. The maximum absolute atomic E-state index is 4.48. The van der Waals surface area contributed by atoms with Gasteiger partial charge in [-0.15, -0.1) is 35.3 Å². The molecule has 3 heterocycles. The third-order valence-electron chi connectivity index (χ3n) is 4.69. The number of rotatable bonds is 3. The number of hydrogen-bond donors (Lipinski definition) is 1. The van der Waals surface area contributed by atoms with Crippen LogP contribution in [0.3, 0.4) is 0 Å². The Balaban J connectivity index is 0.00000225. The van der Waals surface area contributed by atoms with Gasteiger partial charge in [-0.3, -0.25) is 9.67 Å². The first-order valence-electron chi connectivity index (χ1n) is 8.33. The van der Waals surface area contributed by atoms with Gasteiger partial charge in [0.25, 0.3) is 0 Å². The van der Waals surface area contributed by atoms with E-state index in [0.717, 1.165) is 44.4 Å². The summed E-state index contributed by atoms with van der Waals surface area (Å²) in [6.07, 6.45) is 0. The molecule has 6 nitrogen and oxygen atoms in total. The van der Waals surface area contributed by atoms with E-state index < -0.39 is 0 Å². The van der Waals surface area contributed by atoms with Crippen LogP contribution in [-0.2, 0) is 13.6 Å². The fraction of sp³-hybridized carbons (Fsp3) is 0.529. The predicted octanol–water partition coefficient (Wildman–Crippen LogP) is 2.61. The van der Waals surface area contributed by atoms with Crippen LogP contribution >= 0.6 is 35.3 Å². The van der Waals surface area contributed by atoms with Gasteiger partial charge in [-0.05, 0) is 31.4 Å². The van der Waals surface area contributed by atoms with Gasteiger partial charge in [0.1, 0.15) is 0 Å². The maximum Gasteiger partial charge on any atom is 0.194 e. The van der Waals surface area contributed by atoms with Crippen molar-refractivity contribution in [2.24, 2.45) is 12.0 Å². The first-order chi connectivity index (χ1) is 11.6. The molecule has 0 radical (unpaired) electrons. The molecule has 1 saturated heterocycles. The molecule has 0 aliphatic carbocycles. The molecule has 0 atom stereocenters. The van der Waals surface area contributed by atoms with E-state index in [2.05, 4.69) is 56.6 Å². The van der Waals surface area contributed by atoms with E-state index in [1.807, 2.05) is 30.1 Å². The maximum atomic E-state index is 4.48. The monoisotopic (exact) mass is 474 g/mol. The molecule has 0 bridgehead atoms. The molecule has 1 N–H and O–H groups in total. The van der Waals surface area contributed by atoms with Gasteiger partial charge in [0.15, 0.2) is 5.96 Å². The third kappa shape index (κ3) is 4.46. The normalized spacial score (nSPS) is 15.3. The lowest BCUT2D eigenvalue weighted by Gasteiger charge is -2.37. The summed E-state index contributed by atoms with van der Waals surface area (Å²) in [4.78, 5) is 9.26. The Kier molecular flexibility index (Phi) is 7.12. The largest absolute Gasteiger partial charge is 0.360 e. The number of aromatic nitrogens is 2. The molecule has 0 unspecified atom stereocenters. The molecule has 2 aromatic rings. The van der Waals surface area contributed by atoms with Crippen molar-refractivity contribution in [3.8, 4) is 0 Å². The smallest absolute Gasteiger partial charge is 0.194 e. The van der Waals surface area contributed by atoms with E-state index >= 15 is 0 Å². The van der Waals surface area contributed by atoms with Crippen LogP contribution in [0.5, 0.6) is 0 Å². The van der Waals surface area contributed by atoms with Crippen molar-refractivity contribution in [2.75, 3.05) is 38.1 Å². The molecule has 8 heteroatoms. The van der Waals surface area contributed by atoms with E-state index in [9.17, 15) is 0 Å². The second kappa shape index (κ2) is 8.88. The van der Waals surface area contributed by atoms with Gasteiger partial charge in [-0.1, -0.05) is 0 Å². The third-order valence-corrected chi connectivity index (χ3v) is 5.62. The molecule has 3 rings (SSSR count). The number of anilines is 1. The first kappa shape index (κ1) is 20.0. The van der Waals surface area contributed by atoms with Gasteiger partial charge in [0, 0.05) is 58.1 Å². The molecule has 0 spiro atoms. The molecule has 0 aromatic carbocycles. The Morgan fingerprint density at radius 3 is 2.52 bits per heavy atom. The van der Waals surface area contributed by atoms with Crippen LogP contribution in [0.2, 0.25) is 0 Å². The number of nitrogens with one attached hydrogen (secondary N) is 1. The SMILES string of the molecule is CN=C(NCc1c(C)nn(C)c1C)N1CCN(c2cccs2)CC1.I. The predicted molar refractivity (Wildman–Crippen MR) is 116 cm³/mol. The second-order valence-electron chi connectivity index (χ2n) is 6.10. The number of piperazine rings is 1. The highest BCUT2D eigenvalue weighted by molar-refractivity contribution is 14.0. The average Bonchev–Trinajstić information content (AvgIpc) is 3.20. The Labute approximate surface area is 170 Å². The molecule has 1 fully saturated rings. The van der Waals surface area contributed by atoms with Crippen molar-refractivity contribution in [1.82, 2.24) is 20.0 Å². The summed E-state index contributed by atoms with van der Waals surface area (Å²) in [5, 5.41) is 11.5. The number of nitrogens with zero attached hydrogens (tertiary/aromatic N) is 5.